The second-order valence-electron chi connectivity index (χ2n) is 5.28. The second kappa shape index (κ2) is 5.07. The Morgan fingerprint density at radius 3 is 2.81 bits per heavy atom. The second-order valence-corrected chi connectivity index (χ2v) is 5.28. The van der Waals surface area contributed by atoms with Gasteiger partial charge in [0.15, 0.2) is 11.6 Å². The molecule has 21 heavy (non-hydrogen) atoms. The number of hydrogen-bond acceptors (Lipinski definition) is 3. The summed E-state index contributed by atoms with van der Waals surface area (Å²) in [6.07, 6.45) is 0.759. The minimum absolute atomic E-state index is 0.0570. The van der Waals surface area contributed by atoms with Crippen LogP contribution in [0.5, 0.6) is 0 Å². The number of halogens is 2. The number of fused-ring (bicyclic) bond motifs is 1. The first kappa shape index (κ1) is 13.9. The van der Waals surface area contributed by atoms with Crippen LogP contribution in [0.25, 0.3) is 11.0 Å². The van der Waals surface area contributed by atoms with Crippen LogP contribution in [-0.2, 0) is 16.1 Å². The van der Waals surface area contributed by atoms with Crippen molar-refractivity contribution in [2.75, 3.05) is 6.61 Å². The van der Waals surface area contributed by atoms with Crippen molar-refractivity contribution < 1.29 is 23.4 Å². The van der Waals surface area contributed by atoms with Crippen molar-refractivity contribution in [1.82, 2.24) is 9.55 Å². The number of carboxylic acid groups (broad SMARTS) is 1. The molecule has 1 fully saturated rings. The Kier molecular flexibility index (Phi) is 3.36. The Bertz CT molecular complexity index is 714. The van der Waals surface area contributed by atoms with E-state index < -0.39 is 17.6 Å². The van der Waals surface area contributed by atoms with Crippen LogP contribution in [0.4, 0.5) is 8.78 Å². The van der Waals surface area contributed by atoms with Gasteiger partial charge in [-0.2, -0.15) is 0 Å². The highest BCUT2D eigenvalue weighted by molar-refractivity contribution is 5.79. The van der Waals surface area contributed by atoms with Crippen LogP contribution in [0.3, 0.4) is 0 Å². The third kappa shape index (κ3) is 2.49. The fraction of sp³-hybridized carbons (Fsp3) is 0.429. The van der Waals surface area contributed by atoms with Crippen LogP contribution < -0.4 is 0 Å². The Morgan fingerprint density at radius 1 is 1.48 bits per heavy atom. The maximum Gasteiger partial charge on any atom is 0.323 e. The number of carbonyl (C=O) groups is 1. The third-order valence-electron chi connectivity index (χ3n) is 3.68. The van der Waals surface area contributed by atoms with E-state index >= 15 is 0 Å². The molecule has 0 saturated carbocycles. The quantitative estimate of drug-likeness (QED) is 0.944. The van der Waals surface area contributed by atoms with Gasteiger partial charge in [-0.15, -0.1) is 0 Å². The molecule has 0 bridgehead atoms. The van der Waals surface area contributed by atoms with Gasteiger partial charge in [0.2, 0.25) is 0 Å². The maximum absolute atomic E-state index is 13.4. The molecular formula is C14H14F2N2O3. The Morgan fingerprint density at radius 2 is 2.19 bits per heavy atom. The number of imidazole rings is 1. The van der Waals surface area contributed by atoms with Crippen LogP contribution >= 0.6 is 0 Å². The molecule has 1 aromatic carbocycles. The smallest absolute Gasteiger partial charge is 0.323 e. The number of rotatable bonds is 3. The zero-order valence-corrected chi connectivity index (χ0v) is 11.3. The van der Waals surface area contributed by atoms with Crippen LogP contribution in [0.1, 0.15) is 25.1 Å². The SMILES string of the molecule is CC1CC(c2nc3cc(F)c(F)cc3n2CC(=O)O)CO1. The number of nitrogens with zero attached hydrogens (tertiary/aromatic N) is 2. The fourth-order valence-electron chi connectivity index (χ4n) is 2.75. The van der Waals surface area contributed by atoms with Gasteiger partial charge in [-0.05, 0) is 13.3 Å². The Labute approximate surface area is 119 Å². The summed E-state index contributed by atoms with van der Waals surface area (Å²) in [6.45, 7) is 2.00. The van der Waals surface area contributed by atoms with Gasteiger partial charge in [0, 0.05) is 18.1 Å². The summed E-state index contributed by atoms with van der Waals surface area (Å²) in [6, 6.07) is 1.98. The van der Waals surface area contributed by atoms with Crippen molar-refractivity contribution in [3.05, 3.63) is 29.6 Å². The molecule has 3 rings (SSSR count). The molecule has 5 nitrogen and oxygen atoms in total. The van der Waals surface area contributed by atoms with Crippen molar-refractivity contribution in [1.29, 1.82) is 0 Å². The minimum atomic E-state index is -1.06. The van der Waals surface area contributed by atoms with Crippen molar-refractivity contribution >= 4 is 17.0 Å². The predicted octanol–water partition coefficient (Wildman–Crippen LogP) is 2.29. The van der Waals surface area contributed by atoms with Gasteiger partial charge in [-0.3, -0.25) is 4.79 Å². The molecule has 1 saturated heterocycles. The Hall–Kier alpha value is -2.02. The lowest BCUT2D eigenvalue weighted by atomic mass is 10.1. The van der Waals surface area contributed by atoms with Crippen LogP contribution in [-0.4, -0.2) is 33.3 Å². The van der Waals surface area contributed by atoms with E-state index in [-0.39, 0.29) is 29.6 Å². The summed E-state index contributed by atoms with van der Waals surface area (Å²) in [5.74, 6) is -2.64. The summed E-state index contributed by atoms with van der Waals surface area (Å²) in [5.41, 5.74) is 0.538. The van der Waals surface area contributed by atoms with Gasteiger partial charge in [-0.25, -0.2) is 13.8 Å². The molecule has 2 atom stereocenters. The van der Waals surface area contributed by atoms with Gasteiger partial charge in [0.05, 0.1) is 23.7 Å². The van der Waals surface area contributed by atoms with Crippen LogP contribution in [0.2, 0.25) is 0 Å². The van der Waals surface area contributed by atoms with Crippen molar-refractivity contribution in [2.24, 2.45) is 0 Å². The molecule has 0 aliphatic carbocycles. The summed E-state index contributed by atoms with van der Waals surface area (Å²) in [5, 5.41) is 9.04. The van der Waals surface area contributed by atoms with Gasteiger partial charge in [0.1, 0.15) is 12.4 Å². The lowest BCUT2D eigenvalue weighted by molar-refractivity contribution is -0.137. The van der Waals surface area contributed by atoms with Gasteiger partial charge >= 0.3 is 5.97 Å². The first-order valence-electron chi connectivity index (χ1n) is 6.64. The normalized spacial score (nSPS) is 22.0. The van der Waals surface area contributed by atoms with Gasteiger partial charge < -0.3 is 14.4 Å². The van der Waals surface area contributed by atoms with Gasteiger partial charge in [0.25, 0.3) is 0 Å². The van der Waals surface area contributed by atoms with E-state index in [0.29, 0.717) is 18.9 Å². The molecule has 2 unspecified atom stereocenters. The number of aromatic nitrogens is 2. The molecule has 2 heterocycles. The first-order valence-corrected chi connectivity index (χ1v) is 6.64. The molecule has 7 heteroatoms. The monoisotopic (exact) mass is 296 g/mol. The number of benzene rings is 1. The number of aliphatic carboxylic acids is 1. The van der Waals surface area contributed by atoms with E-state index in [2.05, 4.69) is 4.98 Å². The lowest BCUT2D eigenvalue weighted by Gasteiger charge is -2.10. The van der Waals surface area contributed by atoms with Crippen LogP contribution in [0.15, 0.2) is 12.1 Å². The van der Waals surface area contributed by atoms with E-state index in [0.717, 1.165) is 12.1 Å². The fourth-order valence-corrected chi connectivity index (χ4v) is 2.75. The third-order valence-corrected chi connectivity index (χ3v) is 3.68. The first-order chi connectivity index (χ1) is 9.95. The summed E-state index contributed by atoms with van der Waals surface area (Å²) in [7, 11) is 0. The van der Waals surface area contributed by atoms with E-state index in [1.54, 1.807) is 0 Å². The number of hydrogen-bond donors (Lipinski definition) is 1. The predicted molar refractivity (Wildman–Crippen MR) is 70.1 cm³/mol. The van der Waals surface area contributed by atoms with E-state index in [9.17, 15) is 13.6 Å². The summed E-state index contributed by atoms with van der Waals surface area (Å²) >= 11 is 0. The molecule has 0 radical (unpaired) electrons. The van der Waals surface area contributed by atoms with E-state index in [4.69, 9.17) is 9.84 Å². The zero-order chi connectivity index (χ0) is 15.1. The lowest BCUT2D eigenvalue weighted by Crippen LogP contribution is -2.15. The molecular weight excluding hydrogens is 282 g/mol. The standard InChI is InChI=1S/C14H14F2N2O3/c1-7-2-8(6-21-7)14-17-11-3-9(15)10(16)4-12(11)18(14)5-13(19)20/h3-4,7-8H,2,5-6H2,1H3,(H,19,20). The maximum atomic E-state index is 13.4. The molecule has 2 aromatic rings. The van der Waals surface area contributed by atoms with Crippen molar-refractivity contribution in [3.8, 4) is 0 Å². The van der Waals surface area contributed by atoms with Crippen molar-refractivity contribution in [3.63, 3.8) is 0 Å². The molecule has 1 aliphatic heterocycles. The largest absolute Gasteiger partial charge is 0.480 e. The topological polar surface area (TPSA) is 64.4 Å². The average molecular weight is 296 g/mol. The van der Waals surface area contributed by atoms with Crippen LogP contribution in [0, 0.1) is 11.6 Å². The molecule has 0 amide bonds. The zero-order valence-electron chi connectivity index (χ0n) is 11.3. The van der Waals surface area contributed by atoms with Crippen molar-refractivity contribution in [2.45, 2.75) is 31.9 Å². The number of carboxylic acids is 1. The average Bonchev–Trinajstić information content (AvgIpc) is 2.95. The Balaban J connectivity index is 2.15. The highest BCUT2D eigenvalue weighted by Crippen LogP contribution is 2.31. The summed E-state index contributed by atoms with van der Waals surface area (Å²) < 4.78 is 33.6. The minimum Gasteiger partial charge on any atom is -0.480 e. The highest BCUT2D eigenvalue weighted by Gasteiger charge is 2.29. The molecule has 1 N–H and O–H groups in total. The number of ether oxygens (including phenoxy) is 1. The van der Waals surface area contributed by atoms with E-state index in [1.165, 1.54) is 4.57 Å². The highest BCUT2D eigenvalue weighted by atomic mass is 19.2. The molecule has 0 spiro atoms. The molecule has 112 valence electrons. The molecule has 1 aromatic heterocycles. The van der Waals surface area contributed by atoms with E-state index in [1.807, 2.05) is 6.92 Å². The molecule has 1 aliphatic rings. The summed E-state index contributed by atoms with van der Waals surface area (Å²) in [4.78, 5) is 15.3. The van der Waals surface area contributed by atoms with Gasteiger partial charge in [-0.1, -0.05) is 0 Å².